The van der Waals surface area contributed by atoms with Gasteiger partial charge in [-0.05, 0) is 12.3 Å². The molecule has 1 aliphatic rings. The minimum Gasteiger partial charge on any atom is -0.466 e. The van der Waals surface area contributed by atoms with E-state index < -0.39 is 36.3 Å². The van der Waals surface area contributed by atoms with Gasteiger partial charge in [-0.15, -0.1) is 0 Å². The molecule has 0 bridgehead atoms. The van der Waals surface area contributed by atoms with Crippen molar-refractivity contribution >= 4 is 19.1 Å². The van der Waals surface area contributed by atoms with Crippen LogP contribution >= 0.6 is 7.60 Å². The number of ether oxygens (including phenoxy) is 1. The average molecular weight is 250 g/mol. The summed E-state index contributed by atoms with van der Waals surface area (Å²) in [4.78, 5) is 40.4. The minimum absolute atomic E-state index is 0.183. The van der Waals surface area contributed by atoms with Crippen LogP contribution in [0.4, 0.5) is 0 Å². The summed E-state index contributed by atoms with van der Waals surface area (Å²) in [5.41, 5.74) is -1.90. The Kier molecular flexibility index (Phi) is 3.29. The van der Waals surface area contributed by atoms with Crippen molar-refractivity contribution in [1.82, 2.24) is 0 Å². The van der Waals surface area contributed by atoms with Crippen molar-refractivity contribution in [2.45, 2.75) is 20.8 Å². The molecule has 16 heavy (non-hydrogen) atoms. The standard InChI is InChI=1S/C9H15O6P/c1-4-15-7(10)5-6(9(5,2)3)8(11)16(12,13)14/h5-6H,4H2,1-3H3,(H2,12,13,14). The van der Waals surface area contributed by atoms with Crippen molar-refractivity contribution in [2.24, 2.45) is 17.3 Å². The lowest BCUT2D eigenvalue weighted by Crippen LogP contribution is -2.11. The van der Waals surface area contributed by atoms with Crippen LogP contribution in [0.5, 0.6) is 0 Å². The molecule has 92 valence electrons. The van der Waals surface area contributed by atoms with Crippen molar-refractivity contribution < 1.29 is 28.7 Å². The van der Waals surface area contributed by atoms with Crippen LogP contribution in [0.2, 0.25) is 0 Å². The Balaban J connectivity index is 2.83. The molecule has 1 rings (SSSR count). The SMILES string of the molecule is CCOC(=O)C1C(C(=O)P(=O)(O)O)C1(C)C. The van der Waals surface area contributed by atoms with Gasteiger partial charge in [0.1, 0.15) is 0 Å². The number of carbonyl (C=O) groups excluding carboxylic acids is 2. The van der Waals surface area contributed by atoms with E-state index in [0.717, 1.165) is 0 Å². The van der Waals surface area contributed by atoms with Gasteiger partial charge in [0.25, 0.3) is 0 Å². The Morgan fingerprint density at radius 3 is 2.19 bits per heavy atom. The summed E-state index contributed by atoms with van der Waals surface area (Å²) in [5.74, 6) is -2.25. The first-order valence-corrected chi connectivity index (χ1v) is 6.51. The van der Waals surface area contributed by atoms with Gasteiger partial charge in [-0.1, -0.05) is 13.8 Å². The molecule has 0 saturated heterocycles. The van der Waals surface area contributed by atoms with Crippen LogP contribution in [0.3, 0.4) is 0 Å². The van der Waals surface area contributed by atoms with Crippen LogP contribution < -0.4 is 0 Å². The largest absolute Gasteiger partial charge is 0.466 e. The summed E-state index contributed by atoms with van der Waals surface area (Å²) in [7, 11) is -4.77. The van der Waals surface area contributed by atoms with Gasteiger partial charge in [0, 0.05) is 5.92 Å². The second-order valence-corrected chi connectivity index (χ2v) is 5.94. The normalized spacial score (nSPS) is 27.3. The van der Waals surface area contributed by atoms with E-state index in [1.165, 1.54) is 0 Å². The molecule has 7 heteroatoms. The molecular formula is C9H15O6P. The first-order chi connectivity index (χ1) is 7.14. The quantitative estimate of drug-likeness (QED) is 0.557. The zero-order valence-corrected chi connectivity index (χ0v) is 10.2. The van der Waals surface area contributed by atoms with E-state index in [4.69, 9.17) is 14.5 Å². The van der Waals surface area contributed by atoms with Crippen molar-refractivity contribution in [3.8, 4) is 0 Å². The van der Waals surface area contributed by atoms with E-state index in [0.29, 0.717) is 0 Å². The van der Waals surface area contributed by atoms with Crippen molar-refractivity contribution in [3.05, 3.63) is 0 Å². The average Bonchev–Trinajstić information content (AvgIpc) is 2.66. The Hall–Kier alpha value is -0.710. The molecule has 1 saturated carbocycles. The van der Waals surface area contributed by atoms with Gasteiger partial charge < -0.3 is 14.5 Å². The van der Waals surface area contributed by atoms with Gasteiger partial charge in [-0.3, -0.25) is 14.2 Å². The number of rotatable bonds is 4. The Morgan fingerprint density at radius 2 is 1.81 bits per heavy atom. The molecule has 0 aromatic heterocycles. The summed E-state index contributed by atoms with van der Waals surface area (Å²) < 4.78 is 15.6. The van der Waals surface area contributed by atoms with Crippen molar-refractivity contribution in [3.63, 3.8) is 0 Å². The summed E-state index contributed by atoms with van der Waals surface area (Å²) in [5, 5.41) is 0. The van der Waals surface area contributed by atoms with E-state index >= 15 is 0 Å². The third-order valence-corrected chi connectivity index (χ3v) is 3.77. The number of hydrogen-bond acceptors (Lipinski definition) is 4. The lowest BCUT2D eigenvalue weighted by Gasteiger charge is -2.02. The molecule has 6 nitrogen and oxygen atoms in total. The van der Waals surface area contributed by atoms with Crippen molar-refractivity contribution in [1.29, 1.82) is 0 Å². The maximum Gasteiger partial charge on any atom is 0.391 e. The van der Waals surface area contributed by atoms with Crippen LogP contribution in [-0.2, 0) is 18.9 Å². The molecule has 2 atom stereocenters. The molecular weight excluding hydrogens is 235 g/mol. The van der Waals surface area contributed by atoms with Crippen molar-refractivity contribution in [2.75, 3.05) is 6.61 Å². The third-order valence-electron chi connectivity index (χ3n) is 2.92. The maximum atomic E-state index is 11.4. The molecule has 0 aromatic rings. The predicted octanol–water partition coefficient (Wildman–Crippen LogP) is 0.526. The van der Waals surface area contributed by atoms with Crippen LogP contribution in [0.15, 0.2) is 0 Å². The highest BCUT2D eigenvalue weighted by molar-refractivity contribution is 7.70. The fraction of sp³-hybridized carbons (Fsp3) is 0.778. The summed E-state index contributed by atoms with van der Waals surface area (Å²) in [6.07, 6.45) is 0. The highest BCUT2D eigenvalue weighted by Crippen LogP contribution is 2.63. The molecule has 2 unspecified atom stereocenters. The molecule has 0 radical (unpaired) electrons. The molecule has 0 aromatic carbocycles. The van der Waals surface area contributed by atoms with E-state index in [2.05, 4.69) is 0 Å². The Bertz CT molecular complexity index is 368. The molecule has 1 fully saturated rings. The Morgan fingerprint density at radius 1 is 1.31 bits per heavy atom. The third kappa shape index (κ3) is 2.19. The van der Waals surface area contributed by atoms with Crippen LogP contribution in [0.25, 0.3) is 0 Å². The molecule has 1 aliphatic carbocycles. The topological polar surface area (TPSA) is 101 Å². The van der Waals surface area contributed by atoms with Gasteiger partial charge in [0.15, 0.2) is 0 Å². The molecule has 0 aliphatic heterocycles. The second kappa shape index (κ2) is 3.95. The zero-order chi connectivity index (χ0) is 12.7. The van der Waals surface area contributed by atoms with Gasteiger partial charge >= 0.3 is 13.6 Å². The highest BCUT2D eigenvalue weighted by Gasteiger charge is 2.68. The molecule has 2 N–H and O–H groups in total. The van der Waals surface area contributed by atoms with E-state index in [9.17, 15) is 14.2 Å². The zero-order valence-electron chi connectivity index (χ0n) is 9.34. The van der Waals surface area contributed by atoms with E-state index in [-0.39, 0.29) is 6.61 Å². The minimum atomic E-state index is -4.77. The fourth-order valence-electron chi connectivity index (χ4n) is 1.95. The monoisotopic (exact) mass is 250 g/mol. The maximum absolute atomic E-state index is 11.4. The number of hydrogen-bond donors (Lipinski definition) is 2. The van der Waals surface area contributed by atoms with Gasteiger partial charge in [0.05, 0.1) is 12.5 Å². The lowest BCUT2D eigenvalue weighted by molar-refractivity contribution is -0.146. The van der Waals surface area contributed by atoms with E-state index in [1.807, 2.05) is 0 Å². The highest BCUT2D eigenvalue weighted by atomic mass is 31.2. The fourth-order valence-corrected chi connectivity index (χ4v) is 2.80. The predicted molar refractivity (Wildman–Crippen MR) is 54.4 cm³/mol. The van der Waals surface area contributed by atoms with Gasteiger partial charge in [-0.25, -0.2) is 0 Å². The van der Waals surface area contributed by atoms with Gasteiger partial charge in [0.2, 0.25) is 5.52 Å². The molecule has 0 spiro atoms. The lowest BCUT2D eigenvalue weighted by atomic mass is 10.1. The summed E-state index contributed by atoms with van der Waals surface area (Å²) in [6.45, 7) is 5.05. The first-order valence-electron chi connectivity index (χ1n) is 4.90. The smallest absolute Gasteiger partial charge is 0.391 e. The molecule has 0 amide bonds. The molecule has 0 heterocycles. The van der Waals surface area contributed by atoms with E-state index in [1.54, 1.807) is 20.8 Å². The summed E-state index contributed by atoms with van der Waals surface area (Å²) >= 11 is 0. The van der Waals surface area contributed by atoms with Crippen LogP contribution in [0.1, 0.15) is 20.8 Å². The van der Waals surface area contributed by atoms with Gasteiger partial charge in [-0.2, -0.15) is 0 Å². The summed E-state index contributed by atoms with van der Waals surface area (Å²) in [6, 6.07) is 0. The Labute approximate surface area is 93.1 Å². The second-order valence-electron chi connectivity index (χ2n) is 4.41. The van der Waals surface area contributed by atoms with Crippen LogP contribution in [-0.4, -0.2) is 27.9 Å². The number of esters is 1. The number of carbonyl (C=O) groups is 2. The first kappa shape index (κ1) is 13.4. The van der Waals surface area contributed by atoms with Crippen LogP contribution in [0, 0.1) is 17.3 Å².